The zero-order valence-electron chi connectivity index (χ0n) is 49.0. The number of likely N-dealkylation sites (tertiary alicyclic amines) is 2. The van der Waals surface area contributed by atoms with Crippen LogP contribution >= 0.6 is 0 Å². The Kier molecular flexibility index (Phi) is 18.5. The van der Waals surface area contributed by atoms with Crippen LogP contribution in [0.3, 0.4) is 0 Å². The molecule has 0 radical (unpaired) electrons. The number of aliphatic hydroxyl groups excluding tert-OH is 2. The lowest BCUT2D eigenvalue weighted by molar-refractivity contribution is -0.143. The molecular formula is C64H78N6O12. The second-order valence-electron chi connectivity index (χ2n) is 22.2. The van der Waals surface area contributed by atoms with E-state index in [-0.39, 0.29) is 65.7 Å². The molecule has 0 bridgehead atoms. The highest BCUT2D eigenvalue weighted by Gasteiger charge is 2.68. The molecule has 6 heterocycles. The van der Waals surface area contributed by atoms with Crippen molar-refractivity contribution in [1.29, 1.82) is 0 Å². The maximum Gasteiger partial charge on any atom is 0.302 e. The van der Waals surface area contributed by atoms with E-state index in [0.29, 0.717) is 92.1 Å². The van der Waals surface area contributed by atoms with Gasteiger partial charge in [-0.2, -0.15) is 0 Å². The van der Waals surface area contributed by atoms with Gasteiger partial charge in [0.1, 0.15) is 35.2 Å². The van der Waals surface area contributed by atoms with Crippen LogP contribution in [0.5, 0.6) is 11.5 Å². The first kappa shape index (κ1) is 60.3. The van der Waals surface area contributed by atoms with Gasteiger partial charge in [-0.25, -0.2) is 0 Å². The maximum atomic E-state index is 14.5. The molecule has 6 aliphatic rings. The number of para-hydroxylation sites is 2. The Morgan fingerprint density at radius 1 is 0.585 bits per heavy atom. The molecule has 10 rings (SSSR count). The summed E-state index contributed by atoms with van der Waals surface area (Å²) in [6.45, 7) is 14.4. The van der Waals surface area contributed by atoms with Gasteiger partial charge in [0, 0.05) is 68.2 Å². The molecule has 4 aromatic carbocycles. The third-order valence-electron chi connectivity index (χ3n) is 15.7. The molecule has 2 N–H and O–H groups in total. The lowest BCUT2D eigenvalue weighted by atomic mass is 9.81. The van der Waals surface area contributed by atoms with Crippen molar-refractivity contribution in [2.24, 2.45) is 0 Å². The van der Waals surface area contributed by atoms with Crippen molar-refractivity contribution >= 4 is 64.1 Å². The second kappa shape index (κ2) is 25.1. The summed E-state index contributed by atoms with van der Waals surface area (Å²) < 4.78 is 16.0. The van der Waals surface area contributed by atoms with Crippen LogP contribution in [-0.2, 0) is 62.2 Å². The summed E-state index contributed by atoms with van der Waals surface area (Å²) in [5.74, 6) is -3.32. The number of amides is 4. The van der Waals surface area contributed by atoms with Crippen LogP contribution in [0.4, 0.5) is 11.4 Å². The first-order chi connectivity index (χ1) is 39.2. The third kappa shape index (κ3) is 10.9. The number of aliphatic hydroxyl groups is 2. The quantitative estimate of drug-likeness (QED) is 0.0446. The molecule has 4 unspecified atom stereocenters. The molecule has 0 saturated carbocycles. The van der Waals surface area contributed by atoms with Crippen molar-refractivity contribution in [3.63, 3.8) is 0 Å². The summed E-state index contributed by atoms with van der Waals surface area (Å²) in [6.07, 6.45) is 5.82. The first-order valence-corrected chi connectivity index (χ1v) is 28.7. The predicted molar refractivity (Wildman–Crippen MR) is 312 cm³/mol. The number of carbonyl (C=O) groups is 7. The van der Waals surface area contributed by atoms with Gasteiger partial charge in [0.05, 0.1) is 29.1 Å². The van der Waals surface area contributed by atoms with Crippen molar-refractivity contribution in [1.82, 2.24) is 19.6 Å². The molecule has 0 aromatic heterocycles. The molecule has 18 heteroatoms. The largest absolute Gasteiger partial charge is 0.507 e. The number of esters is 1. The number of hydrogen-bond acceptors (Lipinski definition) is 14. The summed E-state index contributed by atoms with van der Waals surface area (Å²) >= 11 is 0. The van der Waals surface area contributed by atoms with Gasteiger partial charge in [0.25, 0.3) is 35.2 Å². The monoisotopic (exact) mass is 1120 g/mol. The number of nitrogens with zero attached hydrogens (tertiary/aromatic N) is 6. The molecule has 2 saturated heterocycles. The fourth-order valence-electron chi connectivity index (χ4n) is 12.1. The third-order valence-corrected chi connectivity index (χ3v) is 15.7. The van der Waals surface area contributed by atoms with Gasteiger partial charge in [0.2, 0.25) is 0 Å². The minimum Gasteiger partial charge on any atom is -0.507 e. The lowest BCUT2D eigenvalue weighted by Gasteiger charge is -2.35. The maximum absolute atomic E-state index is 14.5. The van der Waals surface area contributed by atoms with Crippen LogP contribution in [-0.4, -0.2) is 157 Å². The van der Waals surface area contributed by atoms with E-state index >= 15 is 0 Å². The van der Waals surface area contributed by atoms with E-state index in [4.69, 9.17) is 9.47 Å². The number of carbonyl (C=O) groups excluding carboxylic acids is 7. The summed E-state index contributed by atoms with van der Waals surface area (Å²) in [5, 5.41) is 23.5. The number of ketones is 2. The van der Waals surface area contributed by atoms with E-state index in [1.54, 1.807) is 65.3 Å². The number of hydrogen-bond donors (Lipinski definition) is 2. The summed E-state index contributed by atoms with van der Waals surface area (Å²) in [4.78, 5) is 104. The Balaban J connectivity index is 0.000000195. The summed E-state index contributed by atoms with van der Waals surface area (Å²) in [6, 6.07) is 25.1. The molecule has 4 aromatic rings. The molecule has 4 atom stereocenters. The van der Waals surface area contributed by atoms with Crippen LogP contribution < -0.4 is 19.3 Å². The van der Waals surface area contributed by atoms with Crippen molar-refractivity contribution in [2.75, 3.05) is 83.9 Å². The highest BCUT2D eigenvalue weighted by Crippen LogP contribution is 2.56. The fourth-order valence-corrected chi connectivity index (χ4v) is 12.1. The molecule has 6 aliphatic heterocycles. The standard InChI is InChI=1S/2C30H35N3O5.C4H8O2/c2*1-5-6-15-32-23-11-8-7-10-22(23)30(29(32)37)25(27(35)28(36)33(30)16-9-14-31(3)4)26(34)20-12-13-24-21(18-20)17-19(2)38-24;1-3-6-4(2)5/h2*7-8,10-13,18-19,34H,5-6,9,14-17H2,1-4H3;3H2,1-2H3/b2*26-25-;. The zero-order valence-corrected chi connectivity index (χ0v) is 49.0. The van der Waals surface area contributed by atoms with Gasteiger partial charge >= 0.3 is 5.97 Å². The minimum atomic E-state index is -1.71. The second-order valence-corrected chi connectivity index (χ2v) is 22.2. The highest BCUT2D eigenvalue weighted by molar-refractivity contribution is 6.50. The van der Waals surface area contributed by atoms with Crippen LogP contribution in [0, 0.1) is 0 Å². The number of rotatable bonds is 17. The van der Waals surface area contributed by atoms with Gasteiger partial charge in [-0.3, -0.25) is 33.6 Å². The van der Waals surface area contributed by atoms with Crippen LogP contribution in [0.1, 0.15) is 113 Å². The molecule has 4 amide bonds. The number of unbranched alkanes of at least 4 members (excludes halogenated alkanes) is 2. The van der Waals surface area contributed by atoms with Gasteiger partial charge in [0.15, 0.2) is 11.1 Å². The van der Waals surface area contributed by atoms with Gasteiger partial charge in [-0.05, 0) is 147 Å². The average molecular weight is 1120 g/mol. The number of fused-ring (bicyclic) bond motifs is 6. The van der Waals surface area contributed by atoms with Crippen molar-refractivity contribution in [2.45, 2.75) is 116 Å². The Morgan fingerprint density at radius 3 is 1.32 bits per heavy atom. The van der Waals surface area contributed by atoms with E-state index in [2.05, 4.69) is 4.74 Å². The first-order valence-electron chi connectivity index (χ1n) is 28.7. The molecule has 436 valence electrons. The number of benzene rings is 4. The van der Waals surface area contributed by atoms with Gasteiger partial charge in [-0.15, -0.1) is 0 Å². The molecule has 82 heavy (non-hydrogen) atoms. The molecule has 2 spiro atoms. The SMILES string of the molecule is CCCCN1C(=O)C2(/C(=C(\O)c3ccc4c(c3)CC(C)O4)C(=O)C(=O)N2CCCN(C)C)c2ccccc21.CCCCN1C(=O)C2(/C(=C(\O)c3ccc4c(c3)CC(C)O4)C(=O)C(=O)N2CCCN(C)C)c2ccccc21.CCOC(C)=O. The van der Waals surface area contributed by atoms with Crippen LogP contribution in [0.2, 0.25) is 0 Å². The van der Waals surface area contributed by atoms with Crippen molar-refractivity contribution in [3.05, 3.63) is 129 Å². The number of ether oxygens (including phenoxy) is 3. The molecule has 2 fully saturated rings. The Hall–Kier alpha value is -7.83. The Morgan fingerprint density at radius 2 is 0.976 bits per heavy atom. The summed E-state index contributed by atoms with van der Waals surface area (Å²) in [7, 11) is 7.74. The van der Waals surface area contributed by atoms with Crippen LogP contribution in [0.15, 0.2) is 96.1 Å². The Labute approximate surface area is 480 Å². The molecule has 18 nitrogen and oxygen atoms in total. The smallest absolute Gasteiger partial charge is 0.302 e. The number of anilines is 2. The molecular weight excluding hydrogens is 1040 g/mol. The topological polar surface area (TPSA) is 207 Å². The van der Waals surface area contributed by atoms with Gasteiger partial charge in [-0.1, -0.05) is 63.1 Å². The Bertz CT molecular complexity index is 3020. The minimum absolute atomic E-state index is 0.0127. The normalized spacial score (nSPS) is 22.3. The van der Waals surface area contributed by atoms with E-state index in [1.165, 1.54) is 16.7 Å². The molecule has 0 aliphatic carbocycles. The van der Waals surface area contributed by atoms with E-state index in [0.717, 1.165) is 48.3 Å². The van der Waals surface area contributed by atoms with Crippen molar-refractivity contribution < 1.29 is 58.0 Å². The van der Waals surface area contributed by atoms with E-state index in [9.17, 15) is 43.8 Å². The fraction of sp³-hybridized carbons (Fsp3) is 0.453. The average Bonchev–Trinajstić information content (AvgIpc) is 2.34. The lowest BCUT2D eigenvalue weighted by Crippen LogP contribution is -2.52. The van der Waals surface area contributed by atoms with E-state index in [1.807, 2.05) is 102 Å². The summed E-state index contributed by atoms with van der Waals surface area (Å²) in [5.41, 5.74) is 1.35. The zero-order chi connectivity index (χ0) is 59.4. The highest BCUT2D eigenvalue weighted by atomic mass is 16.5. The van der Waals surface area contributed by atoms with Crippen molar-refractivity contribution in [3.8, 4) is 11.5 Å². The van der Waals surface area contributed by atoms with E-state index < -0.39 is 34.5 Å². The van der Waals surface area contributed by atoms with Crippen LogP contribution in [0.25, 0.3) is 11.5 Å². The predicted octanol–water partition coefficient (Wildman–Crippen LogP) is 7.94. The van der Waals surface area contributed by atoms with Gasteiger partial charge < -0.3 is 53.8 Å². The number of Topliss-reactive ketones (excluding diaryl/α,β-unsaturated/α-hetero) is 2.